The molecule has 1 aliphatic rings. The maximum Gasteiger partial charge on any atom is 0.242 e. The topological polar surface area (TPSA) is 66.4 Å². The second kappa shape index (κ2) is 6.40. The lowest BCUT2D eigenvalue weighted by Gasteiger charge is -2.33. The van der Waals surface area contributed by atoms with E-state index < -0.39 is 10.0 Å². The van der Waals surface area contributed by atoms with Gasteiger partial charge in [0.25, 0.3) is 0 Å². The molecule has 108 valence electrons. The van der Waals surface area contributed by atoms with Gasteiger partial charge >= 0.3 is 0 Å². The molecule has 1 fully saturated rings. The molecule has 0 radical (unpaired) electrons. The Bertz CT molecular complexity index is 622. The fourth-order valence-corrected chi connectivity index (χ4v) is 3.72. The van der Waals surface area contributed by atoms with Crippen LogP contribution in [-0.2, 0) is 10.0 Å². The quantitative estimate of drug-likeness (QED) is 0.827. The van der Waals surface area contributed by atoms with Crippen LogP contribution >= 0.6 is 0 Å². The lowest BCUT2D eigenvalue weighted by atomic mass is 9.83. The average Bonchev–Trinajstić information content (AvgIpc) is 2.37. The Labute approximate surface area is 120 Å². The van der Waals surface area contributed by atoms with Crippen molar-refractivity contribution in [3.63, 3.8) is 0 Å². The normalized spacial score (nSPS) is 21.7. The Hall–Kier alpha value is -1.35. The molecule has 0 aliphatic heterocycles. The maximum absolute atomic E-state index is 12.4. The van der Waals surface area contributed by atoms with Gasteiger partial charge in [-0.3, -0.25) is 0 Å². The van der Waals surface area contributed by atoms with E-state index in [1.807, 2.05) is 0 Å². The zero-order valence-electron chi connectivity index (χ0n) is 11.5. The van der Waals surface area contributed by atoms with E-state index in [0.717, 1.165) is 12.8 Å². The smallest absolute Gasteiger partial charge is 0.242 e. The molecule has 0 spiro atoms. The Morgan fingerprint density at radius 2 is 2.05 bits per heavy atom. The molecule has 1 aromatic carbocycles. The molecule has 4 nitrogen and oxygen atoms in total. The zero-order valence-corrected chi connectivity index (χ0v) is 12.3. The molecule has 0 unspecified atom stereocenters. The minimum absolute atomic E-state index is 0.0276. The third-order valence-electron chi connectivity index (χ3n) is 3.33. The molecule has 5 heteroatoms. The van der Waals surface area contributed by atoms with Crippen molar-refractivity contribution in [1.29, 1.82) is 0 Å². The van der Waals surface area contributed by atoms with Crippen molar-refractivity contribution in [2.45, 2.75) is 37.1 Å². The van der Waals surface area contributed by atoms with Crippen molar-refractivity contribution in [3.05, 3.63) is 29.8 Å². The molecule has 1 saturated carbocycles. The van der Waals surface area contributed by atoms with Crippen LogP contribution in [0.1, 0.15) is 31.7 Å². The van der Waals surface area contributed by atoms with E-state index in [1.54, 1.807) is 24.3 Å². The second-order valence-corrected chi connectivity index (χ2v) is 6.85. The van der Waals surface area contributed by atoms with E-state index in [-0.39, 0.29) is 17.5 Å². The first-order valence-electron chi connectivity index (χ1n) is 6.74. The number of aliphatic hydroxyl groups is 1. The minimum Gasteiger partial charge on any atom is -0.395 e. The summed E-state index contributed by atoms with van der Waals surface area (Å²) in [7, 11) is -3.53. The minimum atomic E-state index is -3.53. The van der Waals surface area contributed by atoms with Crippen LogP contribution in [0.15, 0.2) is 29.2 Å². The van der Waals surface area contributed by atoms with Crippen molar-refractivity contribution >= 4 is 10.0 Å². The summed E-state index contributed by atoms with van der Waals surface area (Å²) in [6.45, 7) is 2.08. The molecule has 0 bridgehead atoms. The van der Waals surface area contributed by atoms with E-state index in [2.05, 4.69) is 23.5 Å². The van der Waals surface area contributed by atoms with Crippen LogP contribution in [0, 0.1) is 17.8 Å². The van der Waals surface area contributed by atoms with Crippen LogP contribution in [0.3, 0.4) is 0 Å². The summed E-state index contributed by atoms with van der Waals surface area (Å²) in [6, 6.07) is 6.73. The SMILES string of the molecule is CC1CC(NS(=O)(=O)c2ccccc2C#CCCO)C1. The lowest BCUT2D eigenvalue weighted by molar-refractivity contribution is 0.270. The number of hydrogen-bond donors (Lipinski definition) is 2. The van der Waals surface area contributed by atoms with Crippen molar-refractivity contribution < 1.29 is 13.5 Å². The summed E-state index contributed by atoms with van der Waals surface area (Å²) in [5, 5.41) is 8.72. The fourth-order valence-electron chi connectivity index (χ4n) is 2.30. The van der Waals surface area contributed by atoms with Crippen molar-refractivity contribution in [3.8, 4) is 11.8 Å². The highest BCUT2D eigenvalue weighted by atomic mass is 32.2. The van der Waals surface area contributed by atoms with Crippen molar-refractivity contribution in [2.24, 2.45) is 5.92 Å². The van der Waals surface area contributed by atoms with Crippen LogP contribution < -0.4 is 4.72 Å². The predicted octanol–water partition coefficient (Wildman–Crippen LogP) is 1.50. The molecule has 2 rings (SSSR count). The monoisotopic (exact) mass is 293 g/mol. The van der Waals surface area contributed by atoms with Gasteiger partial charge in [-0.25, -0.2) is 13.1 Å². The van der Waals surface area contributed by atoms with Gasteiger partial charge in [-0.15, -0.1) is 0 Å². The Balaban J connectivity index is 2.21. The van der Waals surface area contributed by atoms with Crippen LogP contribution in [0.2, 0.25) is 0 Å². The molecule has 1 aliphatic carbocycles. The van der Waals surface area contributed by atoms with Crippen LogP contribution in [-0.4, -0.2) is 26.2 Å². The predicted molar refractivity (Wildman–Crippen MR) is 77.5 cm³/mol. The van der Waals surface area contributed by atoms with Gasteiger partial charge in [0.1, 0.15) is 0 Å². The van der Waals surface area contributed by atoms with E-state index in [4.69, 9.17) is 5.11 Å². The molecular formula is C15H19NO3S. The van der Waals surface area contributed by atoms with Gasteiger partial charge in [0.05, 0.1) is 11.5 Å². The van der Waals surface area contributed by atoms with E-state index >= 15 is 0 Å². The number of benzene rings is 1. The molecule has 0 saturated heterocycles. The first kappa shape index (κ1) is 15.0. The van der Waals surface area contributed by atoms with E-state index in [9.17, 15) is 8.42 Å². The third-order valence-corrected chi connectivity index (χ3v) is 4.91. The lowest BCUT2D eigenvalue weighted by Crippen LogP contribution is -2.43. The van der Waals surface area contributed by atoms with Gasteiger partial charge in [-0.1, -0.05) is 30.9 Å². The Kier molecular flexibility index (Phi) is 4.81. The first-order valence-corrected chi connectivity index (χ1v) is 8.22. The highest BCUT2D eigenvalue weighted by Gasteiger charge is 2.30. The second-order valence-electron chi connectivity index (χ2n) is 5.17. The number of sulfonamides is 1. The molecular weight excluding hydrogens is 274 g/mol. The Morgan fingerprint density at radius 1 is 1.35 bits per heavy atom. The number of hydrogen-bond acceptors (Lipinski definition) is 3. The summed E-state index contributed by atoms with van der Waals surface area (Å²) >= 11 is 0. The summed E-state index contributed by atoms with van der Waals surface area (Å²) in [4.78, 5) is 0.213. The standard InChI is InChI=1S/C15H19NO3S/c1-12-10-14(11-12)16-20(18,19)15-8-3-2-6-13(15)7-4-5-9-17/h2-3,6,8,12,14,16-17H,5,9-11H2,1H3. The van der Waals surface area contributed by atoms with Crippen molar-refractivity contribution in [1.82, 2.24) is 4.72 Å². The summed E-state index contributed by atoms with van der Waals surface area (Å²) in [6.07, 6.45) is 2.11. The highest BCUT2D eigenvalue weighted by Crippen LogP contribution is 2.28. The van der Waals surface area contributed by atoms with Gasteiger partial charge in [-0.05, 0) is 30.9 Å². The Morgan fingerprint density at radius 3 is 2.70 bits per heavy atom. The summed E-state index contributed by atoms with van der Waals surface area (Å²) in [5.41, 5.74) is 0.473. The van der Waals surface area contributed by atoms with Crippen LogP contribution in [0.5, 0.6) is 0 Å². The molecule has 0 heterocycles. The van der Waals surface area contributed by atoms with Gasteiger partial charge in [0.15, 0.2) is 0 Å². The van der Waals surface area contributed by atoms with Crippen molar-refractivity contribution in [2.75, 3.05) is 6.61 Å². The van der Waals surface area contributed by atoms with Crippen LogP contribution in [0.25, 0.3) is 0 Å². The maximum atomic E-state index is 12.4. The van der Waals surface area contributed by atoms with Gasteiger partial charge in [0.2, 0.25) is 10.0 Å². The fraction of sp³-hybridized carbons (Fsp3) is 0.467. The van der Waals surface area contributed by atoms with Gasteiger partial charge < -0.3 is 5.11 Å². The molecule has 0 aromatic heterocycles. The zero-order chi connectivity index (χ0) is 14.6. The first-order chi connectivity index (χ1) is 9.53. The molecule has 0 amide bonds. The highest BCUT2D eigenvalue weighted by molar-refractivity contribution is 7.89. The van der Waals surface area contributed by atoms with E-state index in [0.29, 0.717) is 17.9 Å². The number of nitrogens with one attached hydrogen (secondary N) is 1. The number of aliphatic hydroxyl groups excluding tert-OH is 1. The molecule has 20 heavy (non-hydrogen) atoms. The number of rotatable bonds is 4. The molecule has 1 aromatic rings. The van der Waals surface area contributed by atoms with E-state index in [1.165, 1.54) is 0 Å². The average molecular weight is 293 g/mol. The van der Waals surface area contributed by atoms with Gasteiger partial charge in [0, 0.05) is 18.0 Å². The molecule has 2 N–H and O–H groups in total. The largest absolute Gasteiger partial charge is 0.395 e. The summed E-state index contributed by atoms with van der Waals surface area (Å²) < 4.78 is 27.5. The van der Waals surface area contributed by atoms with Crippen LogP contribution in [0.4, 0.5) is 0 Å². The summed E-state index contributed by atoms with van der Waals surface area (Å²) in [5.74, 6) is 6.15. The van der Waals surface area contributed by atoms with Gasteiger partial charge in [-0.2, -0.15) is 0 Å². The third kappa shape index (κ3) is 3.60. The molecule has 0 atom stereocenters.